The van der Waals surface area contributed by atoms with E-state index in [1.54, 1.807) is 0 Å². The molecule has 0 aromatic carbocycles. The monoisotopic (exact) mass is 203 g/mol. The zero-order chi connectivity index (χ0) is 11.2. The first-order valence-corrected chi connectivity index (χ1v) is 5.55. The van der Waals surface area contributed by atoms with E-state index < -0.39 is 5.60 Å². The molecule has 0 fully saturated rings. The molecule has 0 aromatic heterocycles. The Morgan fingerprint density at radius 2 is 1.71 bits per heavy atom. The summed E-state index contributed by atoms with van der Waals surface area (Å²) < 4.78 is 0. The van der Waals surface area contributed by atoms with Gasteiger partial charge in [0.25, 0.3) is 0 Å². The molecule has 0 aliphatic heterocycles. The van der Waals surface area contributed by atoms with Crippen molar-refractivity contribution in [2.24, 2.45) is 5.92 Å². The second-order valence-electron chi connectivity index (χ2n) is 4.26. The van der Waals surface area contributed by atoms with Crippen molar-refractivity contribution in [2.45, 2.75) is 52.2 Å². The fraction of sp³-hybridized carbons (Fsp3) is 1.00. The molecule has 0 aliphatic rings. The molecule has 3 nitrogen and oxygen atoms in total. The second kappa shape index (κ2) is 6.38. The maximum atomic E-state index is 10.0. The van der Waals surface area contributed by atoms with Crippen LogP contribution in [-0.2, 0) is 0 Å². The molecule has 0 saturated carbocycles. The molecule has 3 heteroatoms. The number of aliphatic hydroxyl groups is 2. The predicted molar refractivity (Wildman–Crippen MR) is 59.2 cm³/mol. The Bertz CT molecular complexity index is 146. The lowest BCUT2D eigenvalue weighted by Gasteiger charge is -2.29. The number of hydrogen-bond donors (Lipinski definition) is 3. The van der Waals surface area contributed by atoms with Crippen LogP contribution in [0.3, 0.4) is 0 Å². The van der Waals surface area contributed by atoms with Crippen molar-refractivity contribution in [2.75, 3.05) is 13.2 Å². The van der Waals surface area contributed by atoms with Crippen LogP contribution in [-0.4, -0.2) is 35.0 Å². The summed E-state index contributed by atoms with van der Waals surface area (Å²) in [6.45, 7) is 8.80. The zero-order valence-electron chi connectivity index (χ0n) is 9.88. The molecule has 0 bridgehead atoms. The summed E-state index contributed by atoms with van der Waals surface area (Å²) >= 11 is 0. The van der Waals surface area contributed by atoms with Gasteiger partial charge in [0.15, 0.2) is 0 Å². The van der Waals surface area contributed by atoms with Gasteiger partial charge in [-0.2, -0.15) is 0 Å². The highest BCUT2D eigenvalue weighted by Gasteiger charge is 2.23. The normalized spacial score (nSPS) is 16.7. The van der Waals surface area contributed by atoms with E-state index in [4.69, 9.17) is 5.11 Å². The Kier molecular flexibility index (Phi) is 6.33. The lowest BCUT2D eigenvalue weighted by Crippen LogP contribution is -2.45. The van der Waals surface area contributed by atoms with Gasteiger partial charge in [0.1, 0.15) is 0 Å². The first-order valence-electron chi connectivity index (χ1n) is 5.55. The summed E-state index contributed by atoms with van der Waals surface area (Å²) in [5, 5.41) is 22.2. The third kappa shape index (κ3) is 4.40. The Balaban J connectivity index is 3.91. The van der Waals surface area contributed by atoms with Gasteiger partial charge in [-0.05, 0) is 25.7 Å². The van der Waals surface area contributed by atoms with Gasteiger partial charge < -0.3 is 15.5 Å². The van der Waals surface area contributed by atoms with E-state index in [2.05, 4.69) is 5.32 Å². The SMILES string of the molecule is CCC(O)(CC)CNC(C)C(C)CO. The van der Waals surface area contributed by atoms with Crippen LogP contribution in [0.4, 0.5) is 0 Å². The molecule has 0 saturated heterocycles. The number of hydrogen-bond acceptors (Lipinski definition) is 3. The smallest absolute Gasteiger partial charge is 0.0766 e. The van der Waals surface area contributed by atoms with Gasteiger partial charge in [0.05, 0.1) is 5.60 Å². The zero-order valence-corrected chi connectivity index (χ0v) is 9.88. The van der Waals surface area contributed by atoms with Gasteiger partial charge >= 0.3 is 0 Å². The van der Waals surface area contributed by atoms with Gasteiger partial charge in [-0.3, -0.25) is 0 Å². The summed E-state index contributed by atoms with van der Waals surface area (Å²) in [6, 6.07) is 0.240. The van der Waals surface area contributed by atoms with Crippen LogP contribution in [0, 0.1) is 5.92 Å². The molecule has 0 amide bonds. The maximum absolute atomic E-state index is 10.0. The molecule has 2 atom stereocenters. The van der Waals surface area contributed by atoms with Crippen molar-refractivity contribution in [1.29, 1.82) is 0 Å². The Morgan fingerprint density at radius 1 is 1.21 bits per heavy atom. The first-order chi connectivity index (χ1) is 6.49. The van der Waals surface area contributed by atoms with E-state index in [-0.39, 0.29) is 18.6 Å². The Morgan fingerprint density at radius 3 is 2.07 bits per heavy atom. The summed E-state index contributed by atoms with van der Waals surface area (Å²) in [5.74, 6) is 0.230. The maximum Gasteiger partial charge on any atom is 0.0766 e. The third-order valence-electron chi connectivity index (χ3n) is 3.21. The largest absolute Gasteiger partial charge is 0.396 e. The highest BCUT2D eigenvalue weighted by atomic mass is 16.3. The standard InChI is InChI=1S/C11H25NO2/c1-5-11(14,6-2)8-12-10(4)9(3)7-13/h9-10,12-14H,5-8H2,1-4H3. The highest BCUT2D eigenvalue weighted by Crippen LogP contribution is 2.14. The van der Waals surface area contributed by atoms with Crippen molar-refractivity contribution in [3.05, 3.63) is 0 Å². The fourth-order valence-corrected chi connectivity index (χ4v) is 1.21. The van der Waals surface area contributed by atoms with Crippen molar-refractivity contribution in [3.8, 4) is 0 Å². The first kappa shape index (κ1) is 13.9. The molecule has 0 spiro atoms. The average Bonchev–Trinajstić information content (AvgIpc) is 2.24. The minimum Gasteiger partial charge on any atom is -0.396 e. The molecule has 2 unspecified atom stereocenters. The van der Waals surface area contributed by atoms with Crippen molar-refractivity contribution >= 4 is 0 Å². The molecule has 0 radical (unpaired) electrons. The van der Waals surface area contributed by atoms with Crippen molar-refractivity contribution < 1.29 is 10.2 Å². The minimum atomic E-state index is -0.594. The molecule has 3 N–H and O–H groups in total. The van der Waals surface area contributed by atoms with Crippen molar-refractivity contribution in [1.82, 2.24) is 5.32 Å². The predicted octanol–water partition coefficient (Wildman–Crippen LogP) is 1.14. The quantitative estimate of drug-likeness (QED) is 0.581. The molecular weight excluding hydrogens is 178 g/mol. The van der Waals surface area contributed by atoms with Crippen LogP contribution < -0.4 is 5.32 Å². The molecule has 0 rings (SSSR count). The Hall–Kier alpha value is -0.120. The van der Waals surface area contributed by atoms with Gasteiger partial charge in [0.2, 0.25) is 0 Å². The third-order valence-corrected chi connectivity index (χ3v) is 3.21. The summed E-state index contributed by atoms with van der Waals surface area (Å²) in [5.41, 5.74) is -0.594. The molecule has 86 valence electrons. The number of aliphatic hydroxyl groups excluding tert-OH is 1. The lowest BCUT2D eigenvalue weighted by molar-refractivity contribution is 0.0275. The highest BCUT2D eigenvalue weighted by molar-refractivity contribution is 4.80. The minimum absolute atomic E-state index is 0.185. The van der Waals surface area contributed by atoms with E-state index in [1.165, 1.54) is 0 Å². The molecule has 0 heterocycles. The van der Waals surface area contributed by atoms with E-state index in [0.29, 0.717) is 6.54 Å². The fourth-order valence-electron chi connectivity index (χ4n) is 1.21. The van der Waals surface area contributed by atoms with Gasteiger partial charge in [0, 0.05) is 19.2 Å². The van der Waals surface area contributed by atoms with Crippen LogP contribution in [0.2, 0.25) is 0 Å². The van der Waals surface area contributed by atoms with Gasteiger partial charge in [-0.25, -0.2) is 0 Å². The summed E-state index contributed by atoms with van der Waals surface area (Å²) in [4.78, 5) is 0. The van der Waals surface area contributed by atoms with Crippen LogP contribution in [0.5, 0.6) is 0 Å². The summed E-state index contributed by atoms with van der Waals surface area (Å²) in [6.07, 6.45) is 1.52. The van der Waals surface area contributed by atoms with Crippen LogP contribution in [0.1, 0.15) is 40.5 Å². The number of nitrogens with one attached hydrogen (secondary N) is 1. The van der Waals surface area contributed by atoms with Crippen molar-refractivity contribution in [3.63, 3.8) is 0 Å². The summed E-state index contributed by atoms with van der Waals surface area (Å²) in [7, 11) is 0. The van der Waals surface area contributed by atoms with E-state index in [1.807, 2.05) is 27.7 Å². The van der Waals surface area contributed by atoms with Gasteiger partial charge in [-0.15, -0.1) is 0 Å². The van der Waals surface area contributed by atoms with Gasteiger partial charge in [-0.1, -0.05) is 20.8 Å². The number of rotatable bonds is 7. The van der Waals surface area contributed by atoms with E-state index >= 15 is 0 Å². The topological polar surface area (TPSA) is 52.5 Å². The second-order valence-corrected chi connectivity index (χ2v) is 4.26. The molecule has 0 aliphatic carbocycles. The Labute approximate surface area is 87.5 Å². The molecular formula is C11H25NO2. The van der Waals surface area contributed by atoms with Crippen LogP contribution >= 0.6 is 0 Å². The van der Waals surface area contributed by atoms with E-state index in [0.717, 1.165) is 12.8 Å². The van der Waals surface area contributed by atoms with Crippen LogP contribution in [0.15, 0.2) is 0 Å². The van der Waals surface area contributed by atoms with Crippen LogP contribution in [0.25, 0.3) is 0 Å². The average molecular weight is 203 g/mol. The molecule has 0 aromatic rings. The lowest BCUT2D eigenvalue weighted by atomic mass is 9.96. The van der Waals surface area contributed by atoms with E-state index in [9.17, 15) is 5.11 Å². The molecule has 14 heavy (non-hydrogen) atoms.